The van der Waals surface area contributed by atoms with Crippen molar-refractivity contribution >= 4 is 17.6 Å². The molecule has 2 aromatic rings. The van der Waals surface area contributed by atoms with Gasteiger partial charge in [0.2, 0.25) is 11.8 Å². The minimum absolute atomic E-state index is 0.0929. The van der Waals surface area contributed by atoms with Crippen molar-refractivity contribution in [1.29, 1.82) is 0 Å². The molecular weight excluding hydrogens is 306 g/mol. The lowest BCUT2D eigenvalue weighted by Gasteiger charge is -2.20. The summed E-state index contributed by atoms with van der Waals surface area (Å²) < 4.78 is 4.87. The number of aromatic nitrogens is 1. The molecule has 0 aliphatic rings. The summed E-state index contributed by atoms with van der Waals surface area (Å²) in [5, 5.41) is 8.90. The monoisotopic (exact) mass is 329 g/mol. The first-order valence-electron chi connectivity index (χ1n) is 8.00. The highest BCUT2D eigenvalue weighted by atomic mass is 16.5. The molecule has 1 aromatic heterocycles. The van der Waals surface area contributed by atoms with Crippen molar-refractivity contribution in [2.45, 2.75) is 33.1 Å². The van der Waals surface area contributed by atoms with Crippen LogP contribution in [0.3, 0.4) is 0 Å². The number of carbonyl (C=O) groups excluding carboxylic acids is 2. The molecule has 2 amide bonds. The Morgan fingerprint density at radius 1 is 1.17 bits per heavy atom. The van der Waals surface area contributed by atoms with Crippen LogP contribution >= 0.6 is 0 Å². The van der Waals surface area contributed by atoms with E-state index >= 15 is 0 Å². The van der Waals surface area contributed by atoms with Crippen LogP contribution in [0.1, 0.15) is 37.5 Å². The molecule has 0 radical (unpaired) electrons. The van der Waals surface area contributed by atoms with Crippen molar-refractivity contribution in [2.75, 3.05) is 11.9 Å². The molecule has 0 saturated carbocycles. The van der Waals surface area contributed by atoms with Gasteiger partial charge in [0.25, 0.3) is 0 Å². The molecule has 0 aliphatic carbocycles. The van der Waals surface area contributed by atoms with Crippen LogP contribution in [0.15, 0.2) is 40.9 Å². The van der Waals surface area contributed by atoms with Crippen LogP contribution in [0, 0.1) is 12.8 Å². The Kier molecular flexibility index (Phi) is 6.12. The summed E-state index contributed by atoms with van der Waals surface area (Å²) in [5.41, 5.74) is 1.13. The molecule has 128 valence electrons. The average molecular weight is 329 g/mol. The molecule has 0 bridgehead atoms. The number of hydrogen-bond acceptors (Lipinski definition) is 4. The van der Waals surface area contributed by atoms with Gasteiger partial charge >= 0.3 is 0 Å². The highest BCUT2D eigenvalue weighted by molar-refractivity contribution is 5.93. The van der Waals surface area contributed by atoms with Crippen molar-refractivity contribution in [1.82, 2.24) is 10.5 Å². The molecule has 2 rings (SSSR count). The second-order valence-corrected chi connectivity index (χ2v) is 6.11. The molecule has 0 fully saturated rings. The van der Waals surface area contributed by atoms with Gasteiger partial charge in [-0.1, -0.05) is 49.3 Å². The third-order valence-electron chi connectivity index (χ3n) is 3.78. The molecule has 0 aliphatic heterocycles. The van der Waals surface area contributed by atoms with E-state index in [2.05, 4.69) is 29.6 Å². The van der Waals surface area contributed by atoms with E-state index in [1.54, 1.807) is 13.0 Å². The van der Waals surface area contributed by atoms with Gasteiger partial charge in [-0.05, 0) is 24.3 Å². The minimum atomic E-state index is -0.336. The van der Waals surface area contributed by atoms with Gasteiger partial charge in [0.1, 0.15) is 5.76 Å². The number of amides is 2. The van der Waals surface area contributed by atoms with Crippen molar-refractivity contribution in [2.24, 2.45) is 5.92 Å². The maximum atomic E-state index is 12.2. The van der Waals surface area contributed by atoms with Crippen LogP contribution in [0.5, 0.6) is 0 Å². The Morgan fingerprint density at radius 3 is 2.46 bits per heavy atom. The van der Waals surface area contributed by atoms with E-state index in [-0.39, 0.29) is 24.3 Å². The molecule has 0 saturated heterocycles. The lowest BCUT2D eigenvalue weighted by molar-refractivity contribution is -0.124. The summed E-state index contributed by atoms with van der Waals surface area (Å²) in [6.45, 7) is 5.82. The molecule has 0 spiro atoms. The minimum Gasteiger partial charge on any atom is -0.360 e. The zero-order valence-electron chi connectivity index (χ0n) is 14.2. The van der Waals surface area contributed by atoms with Crippen molar-refractivity contribution < 1.29 is 14.1 Å². The van der Waals surface area contributed by atoms with Gasteiger partial charge in [0.15, 0.2) is 5.82 Å². The van der Waals surface area contributed by atoms with E-state index in [0.717, 1.165) is 5.56 Å². The molecule has 1 heterocycles. The summed E-state index contributed by atoms with van der Waals surface area (Å²) in [7, 11) is 0. The number of rotatable bonds is 7. The Morgan fingerprint density at radius 2 is 1.88 bits per heavy atom. The molecule has 2 N–H and O–H groups in total. The van der Waals surface area contributed by atoms with E-state index in [4.69, 9.17) is 4.52 Å². The zero-order chi connectivity index (χ0) is 17.5. The fourth-order valence-electron chi connectivity index (χ4n) is 2.50. The number of anilines is 1. The highest BCUT2D eigenvalue weighted by Gasteiger charge is 2.19. The topological polar surface area (TPSA) is 84.2 Å². The fourth-order valence-corrected chi connectivity index (χ4v) is 2.50. The first kappa shape index (κ1) is 17.7. The molecule has 6 heteroatoms. The number of carbonyl (C=O) groups is 2. The fraction of sp³-hybridized carbons (Fsp3) is 0.389. The second kappa shape index (κ2) is 8.29. The summed E-state index contributed by atoms with van der Waals surface area (Å²) in [5.74, 6) is 0.909. The highest BCUT2D eigenvalue weighted by Crippen LogP contribution is 2.27. The zero-order valence-corrected chi connectivity index (χ0v) is 14.2. The van der Waals surface area contributed by atoms with Gasteiger partial charge in [0.05, 0.1) is 6.54 Å². The van der Waals surface area contributed by atoms with Crippen LogP contribution in [0.2, 0.25) is 0 Å². The van der Waals surface area contributed by atoms with Crippen LogP contribution in [0.25, 0.3) is 0 Å². The first-order valence-corrected chi connectivity index (χ1v) is 8.00. The van der Waals surface area contributed by atoms with Crippen molar-refractivity contribution in [3.8, 4) is 0 Å². The molecule has 24 heavy (non-hydrogen) atoms. The molecule has 1 aromatic carbocycles. The summed E-state index contributed by atoms with van der Waals surface area (Å²) >= 11 is 0. The Hall–Kier alpha value is -2.63. The molecule has 1 atom stereocenters. The molecular formula is C18H23N3O3. The van der Waals surface area contributed by atoms with Gasteiger partial charge in [-0.25, -0.2) is 0 Å². The van der Waals surface area contributed by atoms with E-state index in [0.29, 0.717) is 23.9 Å². The maximum absolute atomic E-state index is 12.2. The number of aryl methyl sites for hydroxylation is 1. The number of hydrogen-bond donors (Lipinski definition) is 2. The van der Waals surface area contributed by atoms with E-state index in [1.807, 2.05) is 30.3 Å². The van der Waals surface area contributed by atoms with Gasteiger partial charge in [0, 0.05) is 12.5 Å². The Labute approximate surface area is 141 Å². The van der Waals surface area contributed by atoms with Crippen molar-refractivity contribution in [3.05, 3.63) is 47.7 Å². The maximum Gasteiger partial charge on any atom is 0.245 e. The lowest BCUT2D eigenvalue weighted by atomic mass is 9.85. The standard InChI is InChI=1S/C18H23N3O3/c1-12(2)15(14-7-5-4-6-8-14)10-17(22)19-11-18(23)20-16-9-13(3)24-21-16/h4-9,12,15H,10-11H2,1-3H3,(H,19,22)(H,20,21,23). The first-order chi connectivity index (χ1) is 11.5. The van der Waals surface area contributed by atoms with Gasteiger partial charge in [-0.2, -0.15) is 0 Å². The molecule has 6 nitrogen and oxygen atoms in total. The van der Waals surface area contributed by atoms with Gasteiger partial charge in [-0.15, -0.1) is 0 Å². The van der Waals surface area contributed by atoms with E-state index in [9.17, 15) is 9.59 Å². The largest absolute Gasteiger partial charge is 0.360 e. The van der Waals surface area contributed by atoms with Crippen LogP contribution in [-0.4, -0.2) is 23.5 Å². The van der Waals surface area contributed by atoms with Crippen LogP contribution < -0.4 is 10.6 Å². The van der Waals surface area contributed by atoms with Crippen LogP contribution in [0.4, 0.5) is 5.82 Å². The van der Waals surface area contributed by atoms with E-state index in [1.165, 1.54) is 0 Å². The predicted molar refractivity (Wildman–Crippen MR) is 91.5 cm³/mol. The summed E-state index contributed by atoms with van der Waals surface area (Å²) in [6.07, 6.45) is 0.345. The smallest absolute Gasteiger partial charge is 0.245 e. The average Bonchev–Trinajstić information content (AvgIpc) is 2.96. The van der Waals surface area contributed by atoms with Crippen molar-refractivity contribution in [3.63, 3.8) is 0 Å². The lowest BCUT2D eigenvalue weighted by Crippen LogP contribution is -2.34. The Balaban J connectivity index is 1.84. The number of benzene rings is 1. The predicted octanol–water partition coefficient (Wildman–Crippen LogP) is 2.87. The SMILES string of the molecule is Cc1cc(NC(=O)CNC(=O)CC(c2ccccc2)C(C)C)no1. The molecule has 1 unspecified atom stereocenters. The van der Waals surface area contributed by atoms with Gasteiger partial charge < -0.3 is 15.2 Å². The number of nitrogens with one attached hydrogen (secondary N) is 2. The number of nitrogens with zero attached hydrogens (tertiary/aromatic N) is 1. The third kappa shape index (κ3) is 5.22. The van der Waals surface area contributed by atoms with E-state index < -0.39 is 0 Å². The quantitative estimate of drug-likeness (QED) is 0.818. The summed E-state index contributed by atoms with van der Waals surface area (Å²) in [4.78, 5) is 24.0. The Bertz CT molecular complexity index is 680. The normalized spacial score (nSPS) is 12.0. The van der Waals surface area contributed by atoms with Crippen LogP contribution in [-0.2, 0) is 9.59 Å². The van der Waals surface area contributed by atoms with Gasteiger partial charge in [-0.3, -0.25) is 9.59 Å². The second-order valence-electron chi connectivity index (χ2n) is 6.11. The summed E-state index contributed by atoms with van der Waals surface area (Å²) in [6, 6.07) is 11.6. The third-order valence-corrected chi connectivity index (χ3v) is 3.78.